The van der Waals surface area contributed by atoms with E-state index >= 15 is 0 Å². The molecule has 0 aromatic rings. The number of carboxylic acid groups (broad SMARTS) is 2. The van der Waals surface area contributed by atoms with Crippen molar-refractivity contribution in [3.63, 3.8) is 0 Å². The molecule has 0 spiro atoms. The summed E-state index contributed by atoms with van der Waals surface area (Å²) in [4.78, 5) is 21.6. The largest absolute Gasteiger partial charge is 0.481 e. The van der Waals surface area contributed by atoms with Crippen molar-refractivity contribution in [3.05, 3.63) is 0 Å². The highest BCUT2D eigenvalue weighted by molar-refractivity contribution is 7.44. The molecular formula is C11H19O6P. The molecule has 1 aliphatic rings. The van der Waals surface area contributed by atoms with E-state index in [0.717, 1.165) is 0 Å². The van der Waals surface area contributed by atoms with Crippen molar-refractivity contribution in [3.8, 4) is 0 Å². The molecule has 6 nitrogen and oxygen atoms in total. The highest BCUT2D eigenvalue weighted by atomic mass is 31.1. The Balaban J connectivity index is 2.47. The van der Waals surface area contributed by atoms with Crippen molar-refractivity contribution in [2.45, 2.75) is 25.7 Å². The van der Waals surface area contributed by atoms with Crippen molar-refractivity contribution < 1.29 is 29.5 Å². The van der Waals surface area contributed by atoms with Gasteiger partial charge in [0.2, 0.25) is 0 Å². The molecule has 3 unspecified atom stereocenters. The van der Waals surface area contributed by atoms with Gasteiger partial charge in [0.25, 0.3) is 0 Å². The van der Waals surface area contributed by atoms with Crippen molar-refractivity contribution >= 4 is 19.7 Å². The molecule has 7 heteroatoms. The standard InChI is InChI=1S/C11H19O6P/c12-3-1-4-18(17)5-2-11(7-9(13)14)6-8(11)10(15)16/h8,12,18H,1-7H2,(H,13,14)(H,15,16). The molecule has 0 aliphatic heterocycles. The molecule has 18 heavy (non-hydrogen) atoms. The third-order valence-corrected chi connectivity index (χ3v) is 5.23. The summed E-state index contributed by atoms with van der Waals surface area (Å²) in [6.07, 6.45) is 1.89. The third kappa shape index (κ3) is 4.10. The highest BCUT2D eigenvalue weighted by Gasteiger charge is 2.58. The second-order valence-corrected chi connectivity index (χ2v) is 6.97. The average molecular weight is 278 g/mol. The molecule has 1 saturated carbocycles. The van der Waals surface area contributed by atoms with Gasteiger partial charge in [-0.15, -0.1) is 0 Å². The van der Waals surface area contributed by atoms with Gasteiger partial charge in [-0.3, -0.25) is 9.59 Å². The predicted octanol–water partition coefficient (Wildman–Crippen LogP) is 0.884. The number of carboxylic acids is 2. The second kappa shape index (κ2) is 6.34. The van der Waals surface area contributed by atoms with Gasteiger partial charge < -0.3 is 19.9 Å². The third-order valence-electron chi connectivity index (χ3n) is 3.51. The van der Waals surface area contributed by atoms with Crippen LogP contribution in [-0.4, -0.2) is 46.2 Å². The molecule has 0 amide bonds. The highest BCUT2D eigenvalue weighted by Crippen LogP contribution is 2.59. The summed E-state index contributed by atoms with van der Waals surface area (Å²) in [7, 11) is -1.82. The lowest BCUT2D eigenvalue weighted by atomic mass is 9.96. The first-order chi connectivity index (χ1) is 8.41. The van der Waals surface area contributed by atoms with Crippen LogP contribution in [0.4, 0.5) is 0 Å². The Morgan fingerprint density at radius 1 is 1.28 bits per heavy atom. The lowest BCUT2D eigenvalue weighted by Gasteiger charge is -2.13. The minimum Gasteiger partial charge on any atom is -0.481 e. The van der Waals surface area contributed by atoms with Crippen molar-refractivity contribution in [2.24, 2.45) is 11.3 Å². The maximum Gasteiger partial charge on any atom is 0.307 e. The lowest BCUT2D eigenvalue weighted by Crippen LogP contribution is -2.16. The maximum absolute atomic E-state index is 11.6. The van der Waals surface area contributed by atoms with Crippen LogP contribution in [0.2, 0.25) is 0 Å². The van der Waals surface area contributed by atoms with Crippen LogP contribution in [0.15, 0.2) is 0 Å². The van der Waals surface area contributed by atoms with E-state index in [-0.39, 0.29) is 13.0 Å². The van der Waals surface area contributed by atoms with Crippen LogP contribution in [0.1, 0.15) is 25.7 Å². The van der Waals surface area contributed by atoms with Crippen molar-refractivity contribution in [1.29, 1.82) is 0 Å². The van der Waals surface area contributed by atoms with E-state index in [1.165, 1.54) is 0 Å². The van der Waals surface area contributed by atoms with E-state index in [4.69, 9.17) is 15.3 Å². The van der Waals surface area contributed by atoms with Crippen molar-refractivity contribution in [2.75, 3.05) is 18.9 Å². The van der Waals surface area contributed by atoms with Crippen LogP contribution in [0.3, 0.4) is 0 Å². The van der Waals surface area contributed by atoms with Gasteiger partial charge in [-0.25, -0.2) is 0 Å². The summed E-state index contributed by atoms with van der Waals surface area (Å²) < 4.78 is 11.6. The number of hydrogen-bond acceptors (Lipinski definition) is 4. The Morgan fingerprint density at radius 2 is 1.94 bits per heavy atom. The molecule has 3 atom stereocenters. The number of carbonyl (C=O) groups is 2. The van der Waals surface area contributed by atoms with E-state index in [9.17, 15) is 14.2 Å². The van der Waals surface area contributed by atoms with E-state index in [1.54, 1.807) is 0 Å². The van der Waals surface area contributed by atoms with E-state index in [1.807, 2.05) is 0 Å². The van der Waals surface area contributed by atoms with Gasteiger partial charge in [0.15, 0.2) is 0 Å². The first-order valence-electron chi connectivity index (χ1n) is 5.98. The van der Waals surface area contributed by atoms with Crippen LogP contribution >= 0.6 is 7.80 Å². The summed E-state index contributed by atoms with van der Waals surface area (Å²) in [5.41, 5.74) is -0.697. The Morgan fingerprint density at radius 3 is 2.39 bits per heavy atom. The van der Waals surface area contributed by atoms with Gasteiger partial charge >= 0.3 is 11.9 Å². The number of aliphatic carboxylic acids is 2. The SMILES string of the molecule is O=C(O)CC1(CC[PH](=O)CCCO)CC1C(=O)O. The Bertz CT molecular complexity index is 355. The second-order valence-electron chi connectivity index (χ2n) is 4.89. The van der Waals surface area contributed by atoms with Crippen LogP contribution < -0.4 is 0 Å². The first kappa shape index (κ1) is 15.2. The molecule has 1 rings (SSSR count). The fourth-order valence-electron chi connectivity index (χ4n) is 2.35. The zero-order chi connectivity index (χ0) is 13.8. The van der Waals surface area contributed by atoms with Gasteiger partial charge in [-0.2, -0.15) is 0 Å². The zero-order valence-corrected chi connectivity index (χ0v) is 11.1. The summed E-state index contributed by atoms with van der Waals surface area (Å²) in [5.74, 6) is -2.58. The van der Waals surface area contributed by atoms with Crippen LogP contribution in [-0.2, 0) is 14.2 Å². The molecule has 0 saturated heterocycles. The maximum atomic E-state index is 11.6. The van der Waals surface area contributed by atoms with Gasteiger partial charge in [-0.05, 0) is 30.8 Å². The van der Waals surface area contributed by atoms with Crippen LogP contribution in [0.25, 0.3) is 0 Å². The number of aliphatic hydroxyl groups is 1. The lowest BCUT2D eigenvalue weighted by molar-refractivity contribution is -0.141. The minimum atomic E-state index is -1.82. The Labute approximate surface area is 106 Å². The first-order valence-corrected chi connectivity index (χ1v) is 7.81. The zero-order valence-electron chi connectivity index (χ0n) is 10.1. The van der Waals surface area contributed by atoms with Gasteiger partial charge in [0, 0.05) is 12.8 Å². The van der Waals surface area contributed by atoms with E-state index < -0.39 is 31.1 Å². The normalized spacial score (nSPS) is 27.7. The molecule has 0 bridgehead atoms. The number of aliphatic hydroxyl groups excluding tert-OH is 1. The molecule has 0 aromatic carbocycles. The monoisotopic (exact) mass is 278 g/mol. The molecule has 0 aromatic heterocycles. The van der Waals surface area contributed by atoms with Gasteiger partial charge in [0.1, 0.15) is 0 Å². The summed E-state index contributed by atoms with van der Waals surface area (Å²) in [5, 5.41) is 26.3. The molecule has 104 valence electrons. The Kier molecular flexibility index (Phi) is 5.35. The smallest absolute Gasteiger partial charge is 0.307 e. The predicted molar refractivity (Wildman–Crippen MR) is 65.5 cm³/mol. The van der Waals surface area contributed by atoms with Crippen LogP contribution in [0, 0.1) is 11.3 Å². The molecule has 0 heterocycles. The molecule has 1 aliphatic carbocycles. The summed E-state index contributed by atoms with van der Waals surface area (Å²) >= 11 is 0. The number of hydrogen-bond donors (Lipinski definition) is 3. The fourth-order valence-corrected chi connectivity index (χ4v) is 3.93. The molecular weight excluding hydrogens is 259 g/mol. The summed E-state index contributed by atoms with van der Waals surface area (Å²) in [6.45, 7) is -0.00553. The van der Waals surface area contributed by atoms with Crippen molar-refractivity contribution in [1.82, 2.24) is 0 Å². The van der Waals surface area contributed by atoms with E-state index in [0.29, 0.717) is 31.6 Å². The summed E-state index contributed by atoms with van der Waals surface area (Å²) in [6, 6.07) is 0. The molecule has 3 N–H and O–H groups in total. The number of rotatable bonds is 9. The van der Waals surface area contributed by atoms with E-state index in [2.05, 4.69) is 0 Å². The van der Waals surface area contributed by atoms with Gasteiger partial charge in [0.05, 0.1) is 20.1 Å². The topological polar surface area (TPSA) is 112 Å². The minimum absolute atomic E-state index is 0.00553. The Hall–Kier alpha value is -0.870. The van der Waals surface area contributed by atoms with Crippen LogP contribution in [0.5, 0.6) is 0 Å². The van der Waals surface area contributed by atoms with Gasteiger partial charge in [-0.1, -0.05) is 0 Å². The molecule has 0 radical (unpaired) electrons. The fraction of sp³-hybridized carbons (Fsp3) is 0.818. The molecule has 1 fully saturated rings. The quantitative estimate of drug-likeness (QED) is 0.540. The average Bonchev–Trinajstić information content (AvgIpc) is 2.98.